The summed E-state index contributed by atoms with van der Waals surface area (Å²) in [6, 6.07) is 14.9. The predicted molar refractivity (Wildman–Crippen MR) is 114 cm³/mol. The molecule has 0 aliphatic rings. The number of hydrogen-bond acceptors (Lipinski definition) is 4. The SMILES string of the molecule is CCCC(=O)Nc1ccc(CNC(=O)c2cc3ccc(OC)cc3nc2C)cc1. The molecule has 6 nitrogen and oxygen atoms in total. The van der Waals surface area contributed by atoms with E-state index < -0.39 is 0 Å². The van der Waals surface area contributed by atoms with Crippen molar-refractivity contribution < 1.29 is 14.3 Å². The summed E-state index contributed by atoms with van der Waals surface area (Å²) in [5.41, 5.74) is 3.70. The van der Waals surface area contributed by atoms with Gasteiger partial charge in [-0.3, -0.25) is 14.6 Å². The number of pyridine rings is 1. The third-order valence-corrected chi connectivity index (χ3v) is 4.63. The average molecular weight is 391 g/mol. The molecule has 1 aromatic heterocycles. The molecule has 0 radical (unpaired) electrons. The van der Waals surface area contributed by atoms with Crippen molar-refractivity contribution >= 4 is 28.4 Å². The van der Waals surface area contributed by atoms with E-state index in [1.54, 1.807) is 7.11 Å². The lowest BCUT2D eigenvalue weighted by molar-refractivity contribution is -0.116. The molecule has 6 heteroatoms. The number of rotatable bonds is 7. The molecule has 0 aliphatic carbocycles. The van der Waals surface area contributed by atoms with Gasteiger partial charge < -0.3 is 15.4 Å². The topological polar surface area (TPSA) is 80.3 Å². The maximum absolute atomic E-state index is 12.7. The molecule has 29 heavy (non-hydrogen) atoms. The first kappa shape index (κ1) is 20.3. The van der Waals surface area contributed by atoms with Crippen molar-refractivity contribution in [1.82, 2.24) is 10.3 Å². The Labute approximate surface area is 170 Å². The van der Waals surface area contributed by atoms with Crippen molar-refractivity contribution in [2.45, 2.75) is 33.2 Å². The van der Waals surface area contributed by atoms with E-state index in [-0.39, 0.29) is 11.8 Å². The Morgan fingerprint density at radius 2 is 1.83 bits per heavy atom. The van der Waals surface area contributed by atoms with E-state index in [1.165, 1.54) is 0 Å². The van der Waals surface area contributed by atoms with Crippen molar-refractivity contribution in [2.75, 3.05) is 12.4 Å². The molecule has 2 N–H and O–H groups in total. The summed E-state index contributed by atoms with van der Waals surface area (Å²) in [5.74, 6) is 0.564. The van der Waals surface area contributed by atoms with Crippen LogP contribution in [-0.4, -0.2) is 23.9 Å². The van der Waals surface area contributed by atoms with E-state index in [0.29, 0.717) is 24.2 Å². The first-order chi connectivity index (χ1) is 14.0. The van der Waals surface area contributed by atoms with E-state index in [2.05, 4.69) is 15.6 Å². The largest absolute Gasteiger partial charge is 0.497 e. The van der Waals surface area contributed by atoms with Crippen LogP contribution in [0.15, 0.2) is 48.5 Å². The Morgan fingerprint density at radius 1 is 1.07 bits per heavy atom. The number of hydrogen-bond donors (Lipinski definition) is 2. The van der Waals surface area contributed by atoms with Gasteiger partial charge in [-0.2, -0.15) is 0 Å². The number of nitrogens with zero attached hydrogens (tertiary/aromatic N) is 1. The molecule has 2 amide bonds. The van der Waals surface area contributed by atoms with Gasteiger partial charge in [-0.25, -0.2) is 0 Å². The number of amides is 2. The van der Waals surface area contributed by atoms with E-state index in [9.17, 15) is 9.59 Å². The summed E-state index contributed by atoms with van der Waals surface area (Å²) in [7, 11) is 1.61. The summed E-state index contributed by atoms with van der Waals surface area (Å²) in [5, 5.41) is 6.67. The standard InChI is InChI=1S/C23H25N3O3/c1-4-5-22(27)26-18-9-6-16(7-10-18)14-24-23(28)20-12-17-8-11-19(29-3)13-21(17)25-15(20)2/h6-13H,4-5,14H2,1-3H3,(H,24,28)(H,26,27). The number of benzene rings is 2. The molecule has 0 spiro atoms. The minimum atomic E-state index is -0.173. The number of aryl methyl sites for hydroxylation is 1. The second kappa shape index (κ2) is 9.19. The lowest BCUT2D eigenvalue weighted by Crippen LogP contribution is -2.24. The molecule has 3 aromatic rings. The first-order valence-electron chi connectivity index (χ1n) is 9.62. The zero-order valence-corrected chi connectivity index (χ0v) is 16.9. The second-order valence-electron chi connectivity index (χ2n) is 6.86. The van der Waals surface area contributed by atoms with Gasteiger partial charge in [0.15, 0.2) is 0 Å². The molecule has 0 fully saturated rings. The normalized spacial score (nSPS) is 10.6. The number of carbonyl (C=O) groups excluding carboxylic acids is 2. The maximum Gasteiger partial charge on any atom is 0.253 e. The summed E-state index contributed by atoms with van der Waals surface area (Å²) >= 11 is 0. The van der Waals surface area contributed by atoms with Crippen molar-refractivity contribution in [2.24, 2.45) is 0 Å². The third-order valence-electron chi connectivity index (χ3n) is 4.63. The van der Waals surface area contributed by atoms with Crippen LogP contribution in [0.5, 0.6) is 5.75 Å². The highest BCUT2D eigenvalue weighted by Crippen LogP contribution is 2.22. The Balaban J connectivity index is 1.66. The van der Waals surface area contributed by atoms with Gasteiger partial charge in [-0.1, -0.05) is 19.1 Å². The summed E-state index contributed by atoms with van der Waals surface area (Å²) < 4.78 is 5.23. The Morgan fingerprint density at radius 3 is 2.52 bits per heavy atom. The summed E-state index contributed by atoms with van der Waals surface area (Å²) in [6.07, 6.45) is 1.32. The lowest BCUT2D eigenvalue weighted by atomic mass is 10.1. The molecule has 150 valence electrons. The minimum absolute atomic E-state index is 0.00505. The van der Waals surface area contributed by atoms with Crippen LogP contribution in [0, 0.1) is 6.92 Å². The molecule has 1 heterocycles. The van der Waals surface area contributed by atoms with Gasteiger partial charge in [-0.05, 0) is 49.2 Å². The molecule has 3 rings (SSSR count). The number of fused-ring (bicyclic) bond motifs is 1. The van der Waals surface area contributed by atoms with Crippen LogP contribution in [0.3, 0.4) is 0 Å². The molecule has 0 aliphatic heterocycles. The molecule has 2 aromatic carbocycles. The Hall–Kier alpha value is -3.41. The smallest absolute Gasteiger partial charge is 0.253 e. The molecular weight excluding hydrogens is 366 g/mol. The lowest BCUT2D eigenvalue weighted by Gasteiger charge is -2.10. The maximum atomic E-state index is 12.7. The van der Waals surface area contributed by atoms with Crippen LogP contribution >= 0.6 is 0 Å². The first-order valence-corrected chi connectivity index (χ1v) is 9.62. The van der Waals surface area contributed by atoms with E-state index >= 15 is 0 Å². The van der Waals surface area contributed by atoms with Gasteiger partial charge >= 0.3 is 0 Å². The Bertz CT molecular complexity index is 1030. The zero-order chi connectivity index (χ0) is 20.8. The second-order valence-corrected chi connectivity index (χ2v) is 6.86. The van der Waals surface area contributed by atoms with Crippen LogP contribution in [0.4, 0.5) is 5.69 Å². The average Bonchev–Trinajstić information content (AvgIpc) is 2.72. The quantitative estimate of drug-likeness (QED) is 0.632. The number of anilines is 1. The van der Waals surface area contributed by atoms with Crippen LogP contribution in [0.2, 0.25) is 0 Å². The molecular formula is C23H25N3O3. The summed E-state index contributed by atoms with van der Waals surface area (Å²) in [4.78, 5) is 28.8. The van der Waals surface area contributed by atoms with Crippen molar-refractivity contribution in [3.8, 4) is 5.75 Å². The van der Waals surface area contributed by atoms with Crippen molar-refractivity contribution in [1.29, 1.82) is 0 Å². The van der Waals surface area contributed by atoms with Gasteiger partial charge in [0.25, 0.3) is 5.91 Å². The van der Waals surface area contributed by atoms with Crippen LogP contribution in [-0.2, 0) is 11.3 Å². The summed E-state index contributed by atoms with van der Waals surface area (Å²) in [6.45, 7) is 4.18. The van der Waals surface area contributed by atoms with Gasteiger partial charge in [0.2, 0.25) is 5.91 Å². The highest BCUT2D eigenvalue weighted by Gasteiger charge is 2.12. The highest BCUT2D eigenvalue weighted by atomic mass is 16.5. The zero-order valence-electron chi connectivity index (χ0n) is 16.9. The van der Waals surface area contributed by atoms with Gasteiger partial charge in [0, 0.05) is 30.1 Å². The minimum Gasteiger partial charge on any atom is -0.497 e. The fourth-order valence-corrected chi connectivity index (χ4v) is 3.03. The fourth-order valence-electron chi connectivity index (χ4n) is 3.03. The van der Waals surface area contributed by atoms with Crippen LogP contribution < -0.4 is 15.4 Å². The fraction of sp³-hybridized carbons (Fsp3) is 0.261. The third kappa shape index (κ3) is 5.10. The Kier molecular flexibility index (Phi) is 6.44. The van der Waals surface area contributed by atoms with Gasteiger partial charge in [0.05, 0.1) is 23.9 Å². The molecule has 0 saturated heterocycles. The van der Waals surface area contributed by atoms with E-state index in [0.717, 1.165) is 34.3 Å². The number of ether oxygens (including phenoxy) is 1. The number of carbonyl (C=O) groups is 2. The molecule has 0 bridgehead atoms. The van der Waals surface area contributed by atoms with Gasteiger partial charge in [-0.15, -0.1) is 0 Å². The molecule has 0 unspecified atom stereocenters. The van der Waals surface area contributed by atoms with Crippen molar-refractivity contribution in [3.05, 3.63) is 65.4 Å². The number of methoxy groups -OCH3 is 1. The van der Waals surface area contributed by atoms with Crippen LogP contribution in [0.1, 0.15) is 41.4 Å². The monoisotopic (exact) mass is 391 g/mol. The highest BCUT2D eigenvalue weighted by molar-refractivity contribution is 5.98. The van der Waals surface area contributed by atoms with E-state index in [1.807, 2.05) is 62.4 Å². The van der Waals surface area contributed by atoms with Crippen LogP contribution in [0.25, 0.3) is 10.9 Å². The van der Waals surface area contributed by atoms with E-state index in [4.69, 9.17) is 4.74 Å². The number of aromatic nitrogens is 1. The number of nitrogens with one attached hydrogen (secondary N) is 2. The predicted octanol–water partition coefficient (Wildman–Crippen LogP) is 4.22. The molecule has 0 atom stereocenters. The van der Waals surface area contributed by atoms with Gasteiger partial charge in [0.1, 0.15) is 5.75 Å². The molecule has 0 saturated carbocycles. The van der Waals surface area contributed by atoms with Crippen molar-refractivity contribution in [3.63, 3.8) is 0 Å².